The summed E-state index contributed by atoms with van der Waals surface area (Å²) in [6, 6.07) is 7.48. The van der Waals surface area contributed by atoms with Gasteiger partial charge in [-0.15, -0.1) is 24.0 Å². The van der Waals surface area contributed by atoms with Crippen molar-refractivity contribution in [3.05, 3.63) is 35.4 Å². The third-order valence-electron chi connectivity index (χ3n) is 3.25. The zero-order chi connectivity index (χ0) is 19.6. The molecule has 1 aromatic rings. The summed E-state index contributed by atoms with van der Waals surface area (Å²) in [6.07, 6.45) is 0.724. The lowest BCUT2D eigenvalue weighted by Crippen LogP contribution is -2.39. The Kier molecular flexibility index (Phi) is 11.7. The highest BCUT2D eigenvalue weighted by atomic mass is 127. The quantitative estimate of drug-likeness (QED) is 0.236. The van der Waals surface area contributed by atoms with Crippen LogP contribution in [0.1, 0.15) is 43.6 Å². The molecule has 1 amide bonds. The fraction of sp³-hybridized carbons (Fsp3) is 0.526. The Bertz CT molecular complexity index is 642. The molecular formula is C19H31IN4O3. The Labute approximate surface area is 178 Å². The van der Waals surface area contributed by atoms with Crippen LogP contribution in [0.5, 0.6) is 0 Å². The molecule has 27 heavy (non-hydrogen) atoms. The molecule has 7 nitrogen and oxygen atoms in total. The molecule has 0 fully saturated rings. The van der Waals surface area contributed by atoms with Crippen LogP contribution in [0.3, 0.4) is 0 Å². The molecule has 0 spiro atoms. The highest BCUT2D eigenvalue weighted by Gasteiger charge is 2.15. The van der Waals surface area contributed by atoms with E-state index in [1.807, 2.05) is 45.9 Å². The van der Waals surface area contributed by atoms with Crippen molar-refractivity contribution in [2.75, 3.05) is 26.7 Å². The highest BCUT2D eigenvalue weighted by molar-refractivity contribution is 14.0. The van der Waals surface area contributed by atoms with E-state index in [4.69, 9.17) is 4.74 Å². The number of aliphatic imine (C=N–C) groups is 1. The number of carbonyl (C=O) groups excluding carboxylic acids is 2. The summed E-state index contributed by atoms with van der Waals surface area (Å²) < 4.78 is 5.25. The minimum atomic E-state index is -0.520. The van der Waals surface area contributed by atoms with Crippen molar-refractivity contribution >= 4 is 41.8 Å². The van der Waals surface area contributed by atoms with Crippen LogP contribution in [-0.2, 0) is 16.0 Å². The molecule has 0 radical (unpaired) electrons. The van der Waals surface area contributed by atoms with Gasteiger partial charge in [0.1, 0.15) is 12.1 Å². The fourth-order valence-electron chi connectivity index (χ4n) is 2.20. The van der Waals surface area contributed by atoms with Crippen LogP contribution in [0.4, 0.5) is 0 Å². The Balaban J connectivity index is 0.00000676. The number of esters is 1. The van der Waals surface area contributed by atoms with Crippen molar-refractivity contribution < 1.29 is 14.3 Å². The van der Waals surface area contributed by atoms with E-state index in [9.17, 15) is 9.59 Å². The third kappa shape index (κ3) is 10.8. The number of carbonyl (C=O) groups is 2. The SMILES string of the molecule is CCNC(=NCC(=O)OC(C)(C)C)NCCc1cccc(C(=O)NC)c1.I. The van der Waals surface area contributed by atoms with Gasteiger partial charge in [-0.3, -0.25) is 9.59 Å². The van der Waals surface area contributed by atoms with Gasteiger partial charge in [0, 0.05) is 25.7 Å². The van der Waals surface area contributed by atoms with E-state index in [0.29, 0.717) is 24.6 Å². The van der Waals surface area contributed by atoms with Gasteiger partial charge in [-0.1, -0.05) is 12.1 Å². The molecule has 152 valence electrons. The fourth-order valence-corrected chi connectivity index (χ4v) is 2.20. The molecule has 1 rings (SSSR count). The molecule has 0 heterocycles. The number of benzene rings is 1. The van der Waals surface area contributed by atoms with Crippen molar-refractivity contribution in [3.8, 4) is 0 Å². The zero-order valence-electron chi connectivity index (χ0n) is 16.7. The average molecular weight is 490 g/mol. The van der Waals surface area contributed by atoms with Gasteiger partial charge in [0.2, 0.25) is 0 Å². The summed E-state index contributed by atoms with van der Waals surface area (Å²) in [5, 5.41) is 8.89. The molecule has 0 aromatic heterocycles. The van der Waals surface area contributed by atoms with Crippen molar-refractivity contribution in [2.24, 2.45) is 4.99 Å². The number of nitrogens with one attached hydrogen (secondary N) is 3. The van der Waals surface area contributed by atoms with Gasteiger partial charge in [-0.2, -0.15) is 0 Å². The van der Waals surface area contributed by atoms with Crippen LogP contribution >= 0.6 is 24.0 Å². The van der Waals surface area contributed by atoms with Crippen LogP contribution in [-0.4, -0.2) is 50.1 Å². The summed E-state index contributed by atoms with van der Waals surface area (Å²) in [7, 11) is 1.61. The van der Waals surface area contributed by atoms with Crippen LogP contribution in [0.15, 0.2) is 29.3 Å². The molecule has 3 N–H and O–H groups in total. The number of amides is 1. The minimum Gasteiger partial charge on any atom is -0.459 e. The van der Waals surface area contributed by atoms with Gasteiger partial charge in [0.25, 0.3) is 5.91 Å². The summed E-state index contributed by atoms with van der Waals surface area (Å²) in [6.45, 7) is 8.70. The zero-order valence-corrected chi connectivity index (χ0v) is 19.0. The maximum Gasteiger partial charge on any atom is 0.328 e. The Morgan fingerprint density at radius 3 is 2.48 bits per heavy atom. The molecule has 0 bridgehead atoms. The molecule has 0 aliphatic heterocycles. The maximum atomic E-state index is 11.8. The molecule has 1 aromatic carbocycles. The number of rotatable bonds is 7. The molecule has 0 aliphatic rings. The van der Waals surface area contributed by atoms with E-state index in [-0.39, 0.29) is 42.4 Å². The van der Waals surface area contributed by atoms with Crippen molar-refractivity contribution in [3.63, 3.8) is 0 Å². The van der Waals surface area contributed by atoms with Gasteiger partial charge < -0.3 is 20.7 Å². The van der Waals surface area contributed by atoms with Gasteiger partial charge in [0.05, 0.1) is 0 Å². The van der Waals surface area contributed by atoms with E-state index < -0.39 is 5.60 Å². The van der Waals surface area contributed by atoms with Crippen molar-refractivity contribution in [1.82, 2.24) is 16.0 Å². The van der Waals surface area contributed by atoms with E-state index in [0.717, 1.165) is 12.0 Å². The Morgan fingerprint density at radius 1 is 1.19 bits per heavy atom. The molecular weight excluding hydrogens is 459 g/mol. The Morgan fingerprint density at radius 2 is 1.89 bits per heavy atom. The number of ether oxygens (including phenoxy) is 1. The number of nitrogens with zero attached hydrogens (tertiary/aromatic N) is 1. The lowest BCUT2D eigenvalue weighted by atomic mass is 10.1. The first-order valence-electron chi connectivity index (χ1n) is 8.80. The van der Waals surface area contributed by atoms with Crippen LogP contribution in [0.25, 0.3) is 0 Å². The van der Waals surface area contributed by atoms with Crippen LogP contribution < -0.4 is 16.0 Å². The number of guanidine groups is 1. The predicted molar refractivity (Wildman–Crippen MR) is 119 cm³/mol. The minimum absolute atomic E-state index is 0. The van der Waals surface area contributed by atoms with E-state index in [1.165, 1.54) is 0 Å². The summed E-state index contributed by atoms with van der Waals surface area (Å²) >= 11 is 0. The standard InChI is InChI=1S/C19H30N4O3.HI/c1-6-21-18(23-13-16(24)26-19(2,3)4)22-11-10-14-8-7-9-15(12-14)17(25)20-5;/h7-9,12H,6,10-11,13H2,1-5H3,(H,20,25)(H2,21,22,23);1H. The first-order valence-corrected chi connectivity index (χ1v) is 8.80. The molecule has 0 saturated carbocycles. The van der Waals surface area contributed by atoms with E-state index in [2.05, 4.69) is 20.9 Å². The molecule has 8 heteroatoms. The second kappa shape index (κ2) is 12.5. The second-order valence-electron chi connectivity index (χ2n) is 6.74. The monoisotopic (exact) mass is 490 g/mol. The highest BCUT2D eigenvalue weighted by Crippen LogP contribution is 2.07. The molecule has 0 saturated heterocycles. The van der Waals surface area contributed by atoms with Crippen molar-refractivity contribution in [2.45, 2.75) is 39.7 Å². The van der Waals surface area contributed by atoms with E-state index >= 15 is 0 Å². The first kappa shape index (κ1) is 25.2. The number of hydrogen-bond acceptors (Lipinski definition) is 4. The first-order chi connectivity index (χ1) is 12.2. The summed E-state index contributed by atoms with van der Waals surface area (Å²) in [5.74, 6) is 0.0841. The predicted octanol–water partition coefficient (Wildman–Crippen LogP) is 2.10. The molecule has 0 unspecified atom stereocenters. The molecule has 0 atom stereocenters. The van der Waals surface area contributed by atoms with Crippen LogP contribution in [0, 0.1) is 0 Å². The Hall–Kier alpha value is -1.84. The largest absolute Gasteiger partial charge is 0.459 e. The van der Waals surface area contributed by atoms with Gasteiger partial charge in [-0.05, 0) is 51.8 Å². The van der Waals surface area contributed by atoms with Gasteiger partial charge in [-0.25, -0.2) is 4.99 Å². The lowest BCUT2D eigenvalue weighted by molar-refractivity contribution is -0.152. The molecule has 0 aliphatic carbocycles. The van der Waals surface area contributed by atoms with E-state index in [1.54, 1.807) is 13.1 Å². The van der Waals surface area contributed by atoms with Crippen LogP contribution in [0.2, 0.25) is 0 Å². The number of hydrogen-bond donors (Lipinski definition) is 3. The van der Waals surface area contributed by atoms with Gasteiger partial charge >= 0.3 is 5.97 Å². The summed E-state index contributed by atoms with van der Waals surface area (Å²) in [4.78, 5) is 27.7. The van der Waals surface area contributed by atoms with Gasteiger partial charge in [0.15, 0.2) is 5.96 Å². The average Bonchev–Trinajstić information content (AvgIpc) is 2.57. The third-order valence-corrected chi connectivity index (χ3v) is 3.25. The second-order valence-corrected chi connectivity index (χ2v) is 6.74. The topological polar surface area (TPSA) is 91.8 Å². The number of halogens is 1. The van der Waals surface area contributed by atoms with Crippen molar-refractivity contribution in [1.29, 1.82) is 0 Å². The lowest BCUT2D eigenvalue weighted by Gasteiger charge is -2.19. The maximum absolute atomic E-state index is 11.8. The normalized spacial score (nSPS) is 11.2. The smallest absolute Gasteiger partial charge is 0.328 e. The summed E-state index contributed by atoms with van der Waals surface area (Å²) in [5.41, 5.74) is 1.16.